The summed E-state index contributed by atoms with van der Waals surface area (Å²) in [5.74, 6) is -4.43. The minimum atomic E-state index is -1.53. The average Bonchev–Trinajstić information content (AvgIpc) is 3.64. The van der Waals surface area contributed by atoms with Crippen molar-refractivity contribution in [2.75, 3.05) is 38.7 Å². The number of likely N-dealkylation sites (N-methyl/N-ethyl adjacent to an activating group) is 1. The number of phenols is 2. The summed E-state index contributed by atoms with van der Waals surface area (Å²) in [5, 5.41) is 48.2. The smallest absolute Gasteiger partial charge is 0.350 e. The lowest BCUT2D eigenvalue weighted by Gasteiger charge is -2.51. The molecular formula is C27H30N6O9S2. The second-order valence-corrected chi connectivity index (χ2v) is 13.4. The number of nitrogens with two attached hydrogens (primary N) is 1. The number of rotatable bonds is 12. The molecule has 2 amide bonds. The van der Waals surface area contributed by atoms with E-state index in [1.807, 2.05) is 14.1 Å². The molecule has 1 aliphatic carbocycles. The Morgan fingerprint density at radius 2 is 2.00 bits per heavy atom. The first kappa shape index (κ1) is 31.1. The molecule has 3 aliphatic rings. The average molecular weight is 647 g/mol. The van der Waals surface area contributed by atoms with Crippen molar-refractivity contribution in [1.29, 1.82) is 0 Å². The normalized spacial score (nSPS) is 20.9. The van der Waals surface area contributed by atoms with Crippen LogP contribution in [-0.4, -0.2) is 109 Å². The molecule has 1 aromatic heterocycles. The molecular weight excluding hydrogens is 616 g/mol. The van der Waals surface area contributed by atoms with E-state index in [0.717, 1.165) is 21.8 Å². The predicted molar refractivity (Wildman–Crippen MR) is 156 cm³/mol. The van der Waals surface area contributed by atoms with Crippen molar-refractivity contribution in [3.05, 3.63) is 46.1 Å². The molecule has 5 rings (SSSR count). The van der Waals surface area contributed by atoms with Gasteiger partial charge in [-0.25, -0.2) is 9.78 Å². The van der Waals surface area contributed by atoms with Gasteiger partial charge in [0, 0.05) is 36.0 Å². The maximum Gasteiger partial charge on any atom is 0.350 e. The number of oxime groups is 1. The molecule has 3 heterocycles. The molecule has 2 atom stereocenters. The minimum absolute atomic E-state index is 0.0336. The number of nitrogen functional groups attached to an aromatic ring is 1. The van der Waals surface area contributed by atoms with Crippen LogP contribution in [0.2, 0.25) is 0 Å². The van der Waals surface area contributed by atoms with Crippen LogP contribution in [0.15, 0.2) is 40.0 Å². The Hall–Kier alpha value is -4.35. The Balaban J connectivity index is 1.29. The van der Waals surface area contributed by atoms with Gasteiger partial charge in [0.25, 0.3) is 11.8 Å². The van der Waals surface area contributed by atoms with E-state index in [9.17, 15) is 39.6 Å². The number of amides is 2. The lowest BCUT2D eigenvalue weighted by atomic mass is 10.0. The first-order valence-corrected chi connectivity index (χ1v) is 15.4. The molecule has 0 radical (unpaired) electrons. The molecule has 2 unspecified atom stereocenters. The number of thioether (sulfide) groups is 1. The number of carbonyl (C=O) groups is 4. The van der Waals surface area contributed by atoms with Gasteiger partial charge in [-0.15, -0.1) is 23.1 Å². The van der Waals surface area contributed by atoms with E-state index in [-0.39, 0.29) is 52.3 Å². The fourth-order valence-corrected chi connectivity index (χ4v) is 6.83. The minimum Gasteiger partial charge on any atom is -0.543 e. The molecule has 0 spiro atoms. The first-order chi connectivity index (χ1) is 20.7. The van der Waals surface area contributed by atoms with Crippen molar-refractivity contribution in [3.63, 3.8) is 0 Å². The largest absolute Gasteiger partial charge is 0.543 e. The number of carboxylic acids is 2. The first-order valence-electron chi connectivity index (χ1n) is 13.4. The van der Waals surface area contributed by atoms with Crippen LogP contribution in [0, 0.1) is 0 Å². The van der Waals surface area contributed by atoms with Crippen molar-refractivity contribution >= 4 is 57.7 Å². The number of nitrogens with zero attached hydrogens (tertiary/aromatic N) is 4. The molecule has 2 aliphatic heterocycles. The highest BCUT2D eigenvalue weighted by molar-refractivity contribution is 8.00. The number of anilines is 1. The number of hydrogen-bond acceptors (Lipinski definition) is 13. The van der Waals surface area contributed by atoms with Crippen LogP contribution < -0.4 is 16.2 Å². The van der Waals surface area contributed by atoms with Gasteiger partial charge in [-0.05, 0) is 17.7 Å². The number of β-lactam (4-membered cyclic amide) rings is 1. The lowest BCUT2D eigenvalue weighted by Crippen LogP contribution is -2.71. The molecule has 1 aromatic carbocycles. The number of fused-ring (bicyclic) bond motifs is 1. The van der Waals surface area contributed by atoms with Gasteiger partial charge >= 0.3 is 5.97 Å². The van der Waals surface area contributed by atoms with Gasteiger partial charge in [-0.2, -0.15) is 0 Å². The second-order valence-electron chi connectivity index (χ2n) is 11.4. The molecule has 2 aromatic rings. The lowest BCUT2D eigenvalue weighted by molar-refractivity contribution is -0.885. The zero-order chi connectivity index (χ0) is 32.0. The maximum absolute atomic E-state index is 13.3. The summed E-state index contributed by atoms with van der Waals surface area (Å²) in [4.78, 5) is 60.7. The summed E-state index contributed by atoms with van der Waals surface area (Å²) in [6.07, 6.45) is 0.962. The molecule has 1 saturated carbocycles. The van der Waals surface area contributed by atoms with Crippen LogP contribution in [0.25, 0.3) is 0 Å². The van der Waals surface area contributed by atoms with Crippen molar-refractivity contribution in [2.24, 2.45) is 5.16 Å². The number of carboxylic acid groups (broad SMARTS) is 2. The maximum atomic E-state index is 13.3. The molecule has 44 heavy (non-hydrogen) atoms. The van der Waals surface area contributed by atoms with Gasteiger partial charge in [0.15, 0.2) is 22.3 Å². The number of aliphatic carboxylic acids is 2. The molecule has 1 saturated heterocycles. The third-order valence-electron chi connectivity index (χ3n) is 7.58. The standard InChI is InChI=1S/C27H30N6O9S2/c1-33(2,8-5-13-3-4-16(34)17(35)9-13)10-14-11-43-23-19(22(37)32(23)20(14)24(38)39)30-21(36)18(15-12-44-26(28)29-15)31-42-27(6-7-27)25(40)41/h3-4,9,12,19,23H,5-8,10-11H2,1-2H3,(H6-,28,29,30,31,34,35,36,38,39,40,41). The Labute approximate surface area is 259 Å². The number of phenolic OH excluding ortho intramolecular Hbond substituents is 2. The van der Waals surface area contributed by atoms with Crippen LogP contribution in [0.1, 0.15) is 24.1 Å². The van der Waals surface area contributed by atoms with Gasteiger partial charge in [-0.1, -0.05) is 11.2 Å². The molecule has 234 valence electrons. The van der Waals surface area contributed by atoms with Crippen molar-refractivity contribution < 1.29 is 48.9 Å². The second kappa shape index (κ2) is 11.6. The van der Waals surface area contributed by atoms with Gasteiger partial charge < -0.3 is 45.6 Å². The molecule has 6 N–H and O–H groups in total. The van der Waals surface area contributed by atoms with Crippen molar-refractivity contribution in [3.8, 4) is 11.5 Å². The fourth-order valence-electron chi connectivity index (χ4n) is 4.95. The van der Waals surface area contributed by atoms with Gasteiger partial charge in [-0.3, -0.25) is 14.5 Å². The van der Waals surface area contributed by atoms with Gasteiger partial charge in [0.2, 0.25) is 5.60 Å². The molecule has 2 fully saturated rings. The molecule has 17 heteroatoms. The zero-order valence-electron chi connectivity index (χ0n) is 23.7. The number of aromatic nitrogens is 1. The Kier molecular flexibility index (Phi) is 8.21. The van der Waals surface area contributed by atoms with Crippen molar-refractivity contribution in [2.45, 2.75) is 36.3 Å². The van der Waals surface area contributed by atoms with E-state index in [4.69, 9.17) is 10.6 Å². The zero-order valence-corrected chi connectivity index (χ0v) is 25.3. The van der Waals surface area contributed by atoms with Gasteiger partial charge in [0.05, 0.1) is 32.3 Å². The quantitative estimate of drug-likeness (QED) is 0.0628. The topological polar surface area (TPSA) is 228 Å². The monoisotopic (exact) mass is 646 g/mol. The Morgan fingerprint density at radius 1 is 1.27 bits per heavy atom. The summed E-state index contributed by atoms with van der Waals surface area (Å²) in [5.41, 5.74) is 4.89. The SMILES string of the molecule is C[N+](C)(CCc1ccc(O)c(O)c1)CC1=C(C(=O)[O-])N2C(=O)C(NC(=O)/C(=N\OC3(C(=O)O)CC3)c3csc(N)n3)C2SC1. The molecule has 0 bridgehead atoms. The summed E-state index contributed by atoms with van der Waals surface area (Å²) >= 11 is 2.31. The molecule has 15 nitrogen and oxygen atoms in total. The van der Waals surface area contributed by atoms with Crippen molar-refractivity contribution in [1.82, 2.24) is 15.2 Å². The summed E-state index contributed by atoms with van der Waals surface area (Å²) < 4.78 is 0.357. The van der Waals surface area contributed by atoms with Crippen LogP contribution >= 0.6 is 23.1 Å². The van der Waals surface area contributed by atoms with E-state index < -0.39 is 40.8 Å². The number of quaternary nitrogens is 1. The highest BCUT2D eigenvalue weighted by Crippen LogP contribution is 2.41. The third kappa shape index (κ3) is 6.15. The highest BCUT2D eigenvalue weighted by atomic mass is 32.2. The van der Waals surface area contributed by atoms with E-state index >= 15 is 0 Å². The summed E-state index contributed by atoms with van der Waals surface area (Å²) in [7, 11) is 3.81. The summed E-state index contributed by atoms with van der Waals surface area (Å²) in [6, 6.07) is 3.47. The van der Waals surface area contributed by atoms with Crippen LogP contribution in [0.3, 0.4) is 0 Å². The predicted octanol–water partition coefficient (Wildman–Crippen LogP) is -0.803. The highest BCUT2D eigenvalue weighted by Gasteiger charge is 2.55. The number of hydrogen-bond donors (Lipinski definition) is 5. The number of aromatic hydroxyl groups is 2. The van der Waals surface area contributed by atoms with Crippen LogP contribution in [0.4, 0.5) is 5.13 Å². The van der Waals surface area contributed by atoms with E-state index in [1.165, 1.54) is 29.3 Å². The number of thiazole rings is 1. The Morgan fingerprint density at radius 3 is 2.59 bits per heavy atom. The van der Waals surface area contributed by atoms with Crippen LogP contribution in [-0.2, 0) is 30.4 Å². The van der Waals surface area contributed by atoms with Crippen LogP contribution in [0.5, 0.6) is 11.5 Å². The van der Waals surface area contributed by atoms with E-state index in [1.54, 1.807) is 6.07 Å². The van der Waals surface area contributed by atoms with E-state index in [2.05, 4.69) is 15.5 Å². The number of benzene rings is 1. The fraction of sp³-hybridized carbons (Fsp3) is 0.407. The van der Waals surface area contributed by atoms with E-state index in [0.29, 0.717) is 29.6 Å². The Bertz CT molecular complexity index is 1600. The third-order valence-corrected chi connectivity index (χ3v) is 9.59. The number of nitrogens with one attached hydrogen (secondary N) is 1. The number of carbonyl (C=O) groups excluding carboxylic acids is 3. The summed E-state index contributed by atoms with van der Waals surface area (Å²) in [6.45, 7) is 0.849. The van der Waals surface area contributed by atoms with Gasteiger partial charge in [0.1, 0.15) is 23.7 Å².